The smallest absolute Gasteiger partial charge is 0.150 e. The molecule has 0 saturated carbocycles. The Morgan fingerprint density at radius 1 is 1.29 bits per heavy atom. The molecule has 1 unspecified atom stereocenters. The number of anilines is 2. The third kappa shape index (κ3) is 3.74. The van der Waals surface area contributed by atoms with Crippen LogP contribution in [0.2, 0.25) is 10.0 Å². The van der Waals surface area contributed by atoms with Crippen LogP contribution in [-0.2, 0) is 0 Å². The fourth-order valence-corrected chi connectivity index (χ4v) is 3.49. The van der Waals surface area contributed by atoms with Crippen LogP contribution in [-0.4, -0.2) is 48.6 Å². The van der Waals surface area contributed by atoms with E-state index < -0.39 is 0 Å². The van der Waals surface area contributed by atoms with E-state index in [2.05, 4.69) is 33.9 Å². The number of nitrogens with one attached hydrogen (secondary N) is 1. The van der Waals surface area contributed by atoms with Gasteiger partial charge in [-0.2, -0.15) is 0 Å². The molecule has 1 aromatic heterocycles. The van der Waals surface area contributed by atoms with Crippen LogP contribution in [0, 0.1) is 0 Å². The highest BCUT2D eigenvalue weighted by atomic mass is 35.5. The first kappa shape index (κ1) is 16.7. The molecule has 1 aliphatic heterocycles. The molecule has 1 saturated heterocycles. The lowest BCUT2D eigenvalue weighted by atomic mass is 10.2. The van der Waals surface area contributed by atoms with Crippen LogP contribution in [0.1, 0.15) is 27.2 Å². The summed E-state index contributed by atoms with van der Waals surface area (Å²) >= 11 is 12.5. The summed E-state index contributed by atoms with van der Waals surface area (Å²) < 4.78 is 0. The van der Waals surface area contributed by atoms with Crippen molar-refractivity contribution in [3.8, 4) is 0 Å². The van der Waals surface area contributed by atoms with Crippen molar-refractivity contribution in [3.63, 3.8) is 0 Å². The van der Waals surface area contributed by atoms with E-state index in [0.29, 0.717) is 21.9 Å². The molecule has 1 fully saturated rings. The van der Waals surface area contributed by atoms with Crippen molar-refractivity contribution >= 4 is 34.8 Å². The van der Waals surface area contributed by atoms with Crippen molar-refractivity contribution in [2.24, 2.45) is 0 Å². The van der Waals surface area contributed by atoms with Gasteiger partial charge in [-0.3, -0.25) is 4.90 Å². The molecule has 1 N–H and O–H groups in total. The second-order valence-corrected chi connectivity index (χ2v) is 6.08. The quantitative estimate of drug-likeness (QED) is 0.860. The molecule has 0 bridgehead atoms. The zero-order valence-electron chi connectivity index (χ0n) is 13.0. The Morgan fingerprint density at radius 3 is 2.62 bits per heavy atom. The zero-order chi connectivity index (χ0) is 15.4. The van der Waals surface area contributed by atoms with Gasteiger partial charge in [0.15, 0.2) is 0 Å². The van der Waals surface area contributed by atoms with Crippen molar-refractivity contribution in [1.29, 1.82) is 0 Å². The summed E-state index contributed by atoms with van der Waals surface area (Å²) in [6.07, 6.45) is 1.15. The molecule has 0 aliphatic carbocycles. The minimum Gasteiger partial charge on any atom is -0.369 e. The zero-order valence-corrected chi connectivity index (χ0v) is 14.5. The number of aromatic nitrogens is 1. The lowest BCUT2D eigenvalue weighted by Gasteiger charge is -2.26. The lowest BCUT2D eigenvalue weighted by molar-refractivity contribution is 0.232. The molecule has 118 valence electrons. The Bertz CT molecular complexity index is 477. The summed E-state index contributed by atoms with van der Waals surface area (Å²) in [5, 5.41) is 4.39. The van der Waals surface area contributed by atoms with E-state index in [1.807, 2.05) is 6.92 Å². The van der Waals surface area contributed by atoms with Gasteiger partial charge in [-0.15, -0.1) is 0 Å². The molecule has 2 heterocycles. The van der Waals surface area contributed by atoms with Gasteiger partial charge in [0.1, 0.15) is 11.6 Å². The van der Waals surface area contributed by atoms with Crippen molar-refractivity contribution in [3.05, 3.63) is 16.1 Å². The maximum absolute atomic E-state index is 6.35. The van der Waals surface area contributed by atoms with Crippen LogP contribution in [0.4, 0.5) is 11.6 Å². The fourth-order valence-electron chi connectivity index (χ4n) is 2.94. The summed E-state index contributed by atoms with van der Waals surface area (Å²) in [5.74, 6) is 1.55. The number of rotatable bonds is 6. The van der Waals surface area contributed by atoms with Gasteiger partial charge in [0.05, 0.1) is 10.0 Å². The van der Waals surface area contributed by atoms with Crippen molar-refractivity contribution < 1.29 is 0 Å². The Balaban J connectivity index is 2.17. The molecular weight excluding hydrogens is 307 g/mol. The maximum atomic E-state index is 6.35. The van der Waals surface area contributed by atoms with Crippen molar-refractivity contribution in [1.82, 2.24) is 9.88 Å². The van der Waals surface area contributed by atoms with Gasteiger partial charge in [0.2, 0.25) is 0 Å². The number of likely N-dealkylation sites (N-methyl/N-ethyl adjacent to an activating group) is 1. The van der Waals surface area contributed by atoms with Gasteiger partial charge in [-0.25, -0.2) is 4.98 Å². The van der Waals surface area contributed by atoms with E-state index in [1.54, 1.807) is 6.07 Å². The van der Waals surface area contributed by atoms with E-state index in [0.717, 1.165) is 45.0 Å². The van der Waals surface area contributed by atoms with Crippen molar-refractivity contribution in [2.45, 2.75) is 33.2 Å². The largest absolute Gasteiger partial charge is 0.369 e. The van der Waals surface area contributed by atoms with E-state index in [-0.39, 0.29) is 0 Å². The van der Waals surface area contributed by atoms with Gasteiger partial charge in [-0.1, -0.05) is 37.0 Å². The van der Waals surface area contributed by atoms with Gasteiger partial charge >= 0.3 is 0 Å². The van der Waals surface area contributed by atoms with Gasteiger partial charge in [-0.05, 0) is 32.5 Å². The molecule has 4 nitrogen and oxygen atoms in total. The van der Waals surface area contributed by atoms with Crippen LogP contribution in [0.5, 0.6) is 0 Å². The third-order valence-electron chi connectivity index (χ3n) is 4.05. The Kier molecular flexibility index (Phi) is 5.97. The summed E-state index contributed by atoms with van der Waals surface area (Å²) in [6, 6.07) is 2.37. The summed E-state index contributed by atoms with van der Waals surface area (Å²) in [5.41, 5.74) is 0. The molecule has 0 radical (unpaired) electrons. The standard InChI is InChI=1S/C15H24Cl2N4/c1-4-18-14-12(16)9-13(17)15(19-14)21-8-7-11(10-21)20(5-2)6-3/h9,11H,4-8,10H2,1-3H3,(H,18,19). The van der Waals surface area contributed by atoms with Crippen LogP contribution in [0.15, 0.2) is 6.07 Å². The molecular formula is C15H24Cl2N4. The third-order valence-corrected chi connectivity index (χ3v) is 4.61. The van der Waals surface area contributed by atoms with E-state index >= 15 is 0 Å². The summed E-state index contributed by atoms with van der Waals surface area (Å²) in [7, 11) is 0. The van der Waals surface area contributed by atoms with Crippen LogP contribution >= 0.6 is 23.2 Å². The van der Waals surface area contributed by atoms with Gasteiger partial charge in [0, 0.05) is 25.7 Å². The molecule has 1 atom stereocenters. The van der Waals surface area contributed by atoms with Crippen LogP contribution in [0.3, 0.4) is 0 Å². The monoisotopic (exact) mass is 330 g/mol. The normalized spacial score (nSPS) is 18.6. The van der Waals surface area contributed by atoms with Gasteiger partial charge in [0.25, 0.3) is 0 Å². The minimum absolute atomic E-state index is 0.574. The van der Waals surface area contributed by atoms with E-state index in [4.69, 9.17) is 23.2 Å². The highest BCUT2D eigenvalue weighted by Crippen LogP contribution is 2.33. The maximum Gasteiger partial charge on any atom is 0.150 e. The van der Waals surface area contributed by atoms with E-state index in [1.165, 1.54) is 0 Å². The topological polar surface area (TPSA) is 31.4 Å². The molecule has 21 heavy (non-hydrogen) atoms. The summed E-state index contributed by atoms with van der Waals surface area (Å²) in [6.45, 7) is 11.4. The van der Waals surface area contributed by atoms with Crippen molar-refractivity contribution in [2.75, 3.05) is 42.9 Å². The Labute approximate surface area is 137 Å². The average Bonchev–Trinajstić information content (AvgIpc) is 2.93. The van der Waals surface area contributed by atoms with Gasteiger partial charge < -0.3 is 10.2 Å². The Hall–Kier alpha value is -0.710. The second kappa shape index (κ2) is 7.52. The number of pyridine rings is 1. The number of nitrogens with zero attached hydrogens (tertiary/aromatic N) is 3. The molecule has 1 aliphatic rings. The lowest BCUT2D eigenvalue weighted by Crippen LogP contribution is -2.37. The number of halogens is 2. The second-order valence-electron chi connectivity index (χ2n) is 5.26. The van der Waals surface area contributed by atoms with Crippen LogP contribution in [0.25, 0.3) is 0 Å². The van der Waals surface area contributed by atoms with Crippen LogP contribution < -0.4 is 10.2 Å². The summed E-state index contributed by atoms with van der Waals surface area (Å²) in [4.78, 5) is 9.38. The predicted molar refractivity (Wildman–Crippen MR) is 92.0 cm³/mol. The molecule has 0 amide bonds. The number of hydrogen-bond acceptors (Lipinski definition) is 4. The predicted octanol–water partition coefficient (Wildman–Crippen LogP) is 3.74. The SMILES string of the molecule is CCNc1nc(N2CCC(N(CC)CC)C2)c(Cl)cc1Cl. The molecule has 2 rings (SSSR count). The highest BCUT2D eigenvalue weighted by Gasteiger charge is 2.28. The molecule has 0 aromatic carbocycles. The fraction of sp³-hybridized carbons (Fsp3) is 0.667. The first-order chi connectivity index (χ1) is 10.1. The molecule has 1 aromatic rings. The van der Waals surface area contributed by atoms with E-state index in [9.17, 15) is 0 Å². The minimum atomic E-state index is 0.574. The highest BCUT2D eigenvalue weighted by molar-refractivity contribution is 6.37. The number of hydrogen-bond donors (Lipinski definition) is 1. The molecule has 6 heteroatoms. The Morgan fingerprint density at radius 2 is 2.00 bits per heavy atom. The first-order valence-corrected chi connectivity index (χ1v) is 8.45. The average molecular weight is 331 g/mol. The molecule has 0 spiro atoms. The first-order valence-electron chi connectivity index (χ1n) is 7.69.